The highest BCUT2D eigenvalue weighted by molar-refractivity contribution is 5.75. The lowest BCUT2D eigenvalue weighted by molar-refractivity contribution is -0.140. The van der Waals surface area contributed by atoms with E-state index >= 15 is 0 Å². The molecule has 0 bridgehead atoms. The molecule has 0 radical (unpaired) electrons. The smallest absolute Gasteiger partial charge is 0.314 e. The summed E-state index contributed by atoms with van der Waals surface area (Å²) in [6.07, 6.45) is 14.0. The number of carbonyl (C=O) groups excluding carboxylic acids is 1. The van der Waals surface area contributed by atoms with Crippen molar-refractivity contribution in [1.29, 1.82) is 0 Å². The van der Waals surface area contributed by atoms with Crippen LogP contribution in [0.2, 0.25) is 0 Å². The lowest BCUT2D eigenvalue weighted by Crippen LogP contribution is -2.25. The van der Waals surface area contributed by atoms with Gasteiger partial charge in [0, 0.05) is 0 Å². The van der Waals surface area contributed by atoms with Crippen molar-refractivity contribution in [3.63, 3.8) is 0 Å². The number of esters is 1. The molecule has 1 aromatic carbocycles. The first-order valence-corrected chi connectivity index (χ1v) is 9.56. The Bertz CT molecular complexity index is 432. The maximum atomic E-state index is 12.2. The number of hydrogen-bond acceptors (Lipinski definition) is 2. The Morgan fingerprint density at radius 3 is 2.30 bits per heavy atom. The summed E-state index contributed by atoms with van der Waals surface area (Å²) < 4.78 is 5.49. The van der Waals surface area contributed by atoms with Crippen molar-refractivity contribution in [2.75, 3.05) is 0 Å². The van der Waals surface area contributed by atoms with E-state index in [0.717, 1.165) is 18.8 Å². The second kappa shape index (κ2) is 10.5. The molecule has 0 amide bonds. The van der Waals surface area contributed by atoms with Crippen molar-refractivity contribution in [2.24, 2.45) is 11.8 Å². The van der Waals surface area contributed by atoms with Crippen LogP contribution >= 0.6 is 0 Å². The van der Waals surface area contributed by atoms with Crippen LogP contribution in [0, 0.1) is 11.8 Å². The summed E-state index contributed by atoms with van der Waals surface area (Å²) in [5, 5.41) is 0. The van der Waals surface area contributed by atoms with Crippen LogP contribution in [0.5, 0.6) is 5.75 Å². The van der Waals surface area contributed by atoms with Crippen LogP contribution in [0.25, 0.3) is 0 Å². The predicted molar refractivity (Wildman–Crippen MR) is 95.5 cm³/mol. The van der Waals surface area contributed by atoms with Gasteiger partial charge >= 0.3 is 5.97 Å². The summed E-state index contributed by atoms with van der Waals surface area (Å²) in [6, 6.07) is 9.44. The van der Waals surface area contributed by atoms with Crippen LogP contribution in [0.4, 0.5) is 0 Å². The Hall–Kier alpha value is -1.31. The summed E-state index contributed by atoms with van der Waals surface area (Å²) >= 11 is 0. The lowest BCUT2D eigenvalue weighted by atomic mass is 9.80. The molecule has 0 aromatic heterocycles. The van der Waals surface area contributed by atoms with Crippen molar-refractivity contribution in [3.05, 3.63) is 30.3 Å². The van der Waals surface area contributed by atoms with Gasteiger partial charge in [-0.15, -0.1) is 0 Å². The fourth-order valence-corrected chi connectivity index (χ4v) is 3.59. The molecule has 23 heavy (non-hydrogen) atoms. The maximum Gasteiger partial charge on any atom is 0.314 e. The molecular formula is C21H32O2. The molecule has 0 N–H and O–H groups in total. The number of rotatable bonds is 9. The average Bonchev–Trinajstić information content (AvgIpc) is 2.59. The van der Waals surface area contributed by atoms with Gasteiger partial charge < -0.3 is 4.74 Å². The van der Waals surface area contributed by atoms with E-state index in [-0.39, 0.29) is 11.9 Å². The van der Waals surface area contributed by atoms with E-state index in [2.05, 4.69) is 6.92 Å². The van der Waals surface area contributed by atoms with Gasteiger partial charge in [-0.2, -0.15) is 0 Å². The van der Waals surface area contributed by atoms with E-state index < -0.39 is 0 Å². The number of hydrogen-bond donors (Lipinski definition) is 0. The Morgan fingerprint density at radius 2 is 1.61 bits per heavy atom. The molecule has 0 unspecified atom stereocenters. The highest BCUT2D eigenvalue weighted by Crippen LogP contribution is 2.33. The quantitative estimate of drug-likeness (QED) is 0.310. The Balaban J connectivity index is 1.59. The van der Waals surface area contributed by atoms with E-state index in [1.807, 2.05) is 30.3 Å². The summed E-state index contributed by atoms with van der Waals surface area (Å²) in [4.78, 5) is 12.2. The van der Waals surface area contributed by atoms with Gasteiger partial charge in [0.05, 0.1) is 5.92 Å². The first kappa shape index (κ1) is 18.0. The van der Waals surface area contributed by atoms with Gasteiger partial charge in [-0.1, -0.05) is 70.1 Å². The number of unbranched alkanes of at least 4 members (excludes halogenated alkanes) is 5. The minimum atomic E-state index is -0.0331. The molecule has 1 aliphatic carbocycles. The highest BCUT2D eigenvalue weighted by Gasteiger charge is 2.27. The zero-order chi connectivity index (χ0) is 16.3. The molecule has 0 heterocycles. The van der Waals surface area contributed by atoms with E-state index in [1.165, 1.54) is 57.8 Å². The summed E-state index contributed by atoms with van der Waals surface area (Å²) in [6.45, 7) is 2.27. The van der Waals surface area contributed by atoms with Crippen LogP contribution in [0.1, 0.15) is 77.6 Å². The van der Waals surface area contributed by atoms with Crippen LogP contribution in [-0.2, 0) is 4.79 Å². The highest BCUT2D eigenvalue weighted by atomic mass is 16.5. The lowest BCUT2D eigenvalue weighted by Gasteiger charge is -2.27. The second-order valence-electron chi connectivity index (χ2n) is 7.01. The third-order valence-corrected chi connectivity index (χ3v) is 5.11. The van der Waals surface area contributed by atoms with Crippen LogP contribution < -0.4 is 4.74 Å². The van der Waals surface area contributed by atoms with Gasteiger partial charge in [0.25, 0.3) is 0 Å². The number of ether oxygens (including phenoxy) is 1. The van der Waals surface area contributed by atoms with E-state index in [9.17, 15) is 4.79 Å². The summed E-state index contributed by atoms with van der Waals surface area (Å²) in [5.74, 6) is 1.58. The number of benzene rings is 1. The predicted octanol–water partition coefficient (Wildman–Crippen LogP) is 6.15. The van der Waals surface area contributed by atoms with Crippen LogP contribution in [0.15, 0.2) is 30.3 Å². The van der Waals surface area contributed by atoms with Crippen molar-refractivity contribution in [1.82, 2.24) is 0 Å². The Morgan fingerprint density at radius 1 is 0.957 bits per heavy atom. The summed E-state index contributed by atoms with van der Waals surface area (Å²) in [5.41, 5.74) is 0. The molecule has 0 atom stereocenters. The van der Waals surface area contributed by atoms with Crippen LogP contribution in [-0.4, -0.2) is 5.97 Å². The zero-order valence-corrected chi connectivity index (χ0v) is 14.6. The van der Waals surface area contributed by atoms with Crippen molar-refractivity contribution in [3.8, 4) is 5.75 Å². The molecular weight excluding hydrogens is 284 g/mol. The minimum absolute atomic E-state index is 0.0331. The third-order valence-electron chi connectivity index (χ3n) is 5.11. The molecule has 1 saturated carbocycles. The first-order chi connectivity index (χ1) is 11.3. The van der Waals surface area contributed by atoms with Crippen LogP contribution in [0.3, 0.4) is 0 Å². The van der Waals surface area contributed by atoms with Gasteiger partial charge in [-0.3, -0.25) is 4.79 Å². The molecule has 0 spiro atoms. The number of carbonyl (C=O) groups is 1. The molecule has 128 valence electrons. The number of para-hydroxylation sites is 1. The van der Waals surface area contributed by atoms with Gasteiger partial charge in [0.15, 0.2) is 0 Å². The molecule has 2 rings (SSSR count). The Kier molecular flexibility index (Phi) is 8.20. The molecule has 1 aliphatic rings. The first-order valence-electron chi connectivity index (χ1n) is 9.56. The molecule has 1 fully saturated rings. The third kappa shape index (κ3) is 6.76. The van der Waals surface area contributed by atoms with Gasteiger partial charge in [0.1, 0.15) is 5.75 Å². The second-order valence-corrected chi connectivity index (χ2v) is 7.01. The van der Waals surface area contributed by atoms with Gasteiger partial charge in [-0.05, 0) is 43.7 Å². The average molecular weight is 316 g/mol. The topological polar surface area (TPSA) is 26.3 Å². The Labute approximate surface area is 141 Å². The van der Waals surface area contributed by atoms with Crippen molar-refractivity contribution >= 4 is 5.97 Å². The van der Waals surface area contributed by atoms with Gasteiger partial charge in [0.2, 0.25) is 0 Å². The fourth-order valence-electron chi connectivity index (χ4n) is 3.59. The molecule has 1 aromatic rings. The monoisotopic (exact) mass is 316 g/mol. The standard InChI is InChI=1S/C21H32O2/c1-2-3-4-5-6-8-11-18-14-16-19(17-15-18)21(22)23-20-12-9-7-10-13-20/h7,9-10,12-13,18-19H,2-6,8,11,14-17H2,1H3. The maximum absolute atomic E-state index is 12.2. The summed E-state index contributed by atoms with van der Waals surface area (Å²) in [7, 11) is 0. The largest absolute Gasteiger partial charge is 0.426 e. The fraction of sp³-hybridized carbons (Fsp3) is 0.667. The molecule has 2 nitrogen and oxygen atoms in total. The molecule has 2 heteroatoms. The van der Waals surface area contributed by atoms with Crippen molar-refractivity contribution in [2.45, 2.75) is 77.6 Å². The normalized spacial score (nSPS) is 21.1. The SMILES string of the molecule is CCCCCCCCC1CCC(C(=O)Oc2ccccc2)CC1. The zero-order valence-electron chi connectivity index (χ0n) is 14.6. The minimum Gasteiger partial charge on any atom is -0.426 e. The molecule has 0 saturated heterocycles. The van der Waals surface area contributed by atoms with E-state index in [4.69, 9.17) is 4.74 Å². The van der Waals surface area contributed by atoms with E-state index in [0.29, 0.717) is 5.75 Å². The van der Waals surface area contributed by atoms with Crippen molar-refractivity contribution < 1.29 is 9.53 Å². The molecule has 0 aliphatic heterocycles. The van der Waals surface area contributed by atoms with E-state index in [1.54, 1.807) is 0 Å². The van der Waals surface area contributed by atoms with Gasteiger partial charge in [-0.25, -0.2) is 0 Å².